The van der Waals surface area contributed by atoms with Crippen LogP contribution in [0.3, 0.4) is 0 Å². The van der Waals surface area contributed by atoms with Crippen LogP contribution in [-0.2, 0) is 9.09 Å². The summed E-state index contributed by atoms with van der Waals surface area (Å²) in [6.07, 6.45) is 13.4. The van der Waals surface area contributed by atoms with Crippen LogP contribution in [0.25, 0.3) is 0 Å². The topological polar surface area (TPSA) is 66.8 Å². The average molecular weight is 346 g/mol. The van der Waals surface area contributed by atoms with E-state index < -0.39 is 7.82 Å². The summed E-state index contributed by atoms with van der Waals surface area (Å²) in [5.74, 6) is 0. The molecule has 6 heteroatoms. The average Bonchev–Trinajstić information content (AvgIpc) is 2.44. The van der Waals surface area contributed by atoms with E-state index in [-0.39, 0.29) is 6.61 Å². The van der Waals surface area contributed by atoms with Crippen molar-refractivity contribution in [2.24, 2.45) is 0 Å². The van der Waals surface area contributed by atoms with E-state index in [0.29, 0.717) is 0 Å². The molecule has 0 heterocycles. The predicted molar refractivity (Wildman–Crippen MR) is 95.3 cm³/mol. The maximum absolute atomic E-state index is 10.4. The molecule has 0 aromatic carbocycles. The normalized spacial score (nSPS) is 12.7. The fourth-order valence-electron chi connectivity index (χ4n) is 1.77. The van der Waals surface area contributed by atoms with Crippen molar-refractivity contribution in [3.05, 3.63) is 0 Å². The molecular weight excluding hydrogens is 310 g/mol. The van der Waals surface area contributed by atoms with Crippen molar-refractivity contribution in [2.45, 2.75) is 94.6 Å². The molecule has 0 aliphatic heterocycles. The number of unbranched alkanes of at least 4 members (excludes halogenated alkanes) is 9. The van der Waals surface area contributed by atoms with Gasteiger partial charge in [-0.2, -0.15) is 0 Å². The summed E-state index contributed by atoms with van der Waals surface area (Å²) in [6.45, 7) is 6.91. The molecule has 2 N–H and O–H groups in total. The molecule has 0 saturated heterocycles. The second-order valence-electron chi connectivity index (χ2n) is 6.31. The van der Waals surface area contributed by atoms with Gasteiger partial charge in [-0.1, -0.05) is 64.7 Å². The molecule has 0 aromatic heterocycles. The summed E-state index contributed by atoms with van der Waals surface area (Å²) in [4.78, 5) is 16.9. The molecule has 4 nitrogen and oxygen atoms in total. The second kappa shape index (κ2) is 18.4. The van der Waals surface area contributed by atoms with Gasteiger partial charge in [0.05, 0.1) is 6.61 Å². The van der Waals surface area contributed by atoms with Crippen molar-refractivity contribution in [1.82, 2.24) is 0 Å². The number of hydrogen-bond acceptors (Lipinski definition) is 2. The Kier molecular flexibility index (Phi) is 21.3. The van der Waals surface area contributed by atoms with Gasteiger partial charge in [-0.15, -0.1) is 0 Å². The Morgan fingerprint density at radius 3 is 1.59 bits per heavy atom. The molecule has 0 aliphatic carbocycles. The van der Waals surface area contributed by atoms with Crippen molar-refractivity contribution in [3.8, 4) is 0 Å². The SMILES string of the molecule is CCCCCCCCCCCCOP(=O)(O)O.CC[CH](C)[Na]. The van der Waals surface area contributed by atoms with Gasteiger partial charge in [0.1, 0.15) is 0 Å². The second-order valence-corrected chi connectivity index (χ2v) is 9.52. The summed E-state index contributed by atoms with van der Waals surface area (Å²) in [5.41, 5.74) is 0. The fourth-order valence-corrected chi connectivity index (χ4v) is 2.14. The number of rotatable bonds is 13. The van der Waals surface area contributed by atoms with E-state index >= 15 is 0 Å². The molecule has 0 bridgehead atoms. The minimum atomic E-state index is -4.24. The van der Waals surface area contributed by atoms with Crippen LogP contribution in [0, 0.1) is 0 Å². The van der Waals surface area contributed by atoms with Crippen LogP contribution in [0.2, 0.25) is 3.17 Å². The first kappa shape index (κ1) is 25.4. The number of phosphoric ester groups is 1. The van der Waals surface area contributed by atoms with Crippen molar-refractivity contribution < 1.29 is 18.9 Å². The van der Waals surface area contributed by atoms with E-state index in [1.165, 1.54) is 79.3 Å². The van der Waals surface area contributed by atoms with Crippen LogP contribution in [-0.4, -0.2) is 44.3 Å². The molecule has 0 fully saturated rings. The Labute approximate surface area is 155 Å². The summed E-state index contributed by atoms with van der Waals surface area (Å²) < 4.78 is 15.8. The molecule has 130 valence electrons. The summed E-state index contributed by atoms with van der Waals surface area (Å²) in [7, 11) is -4.24. The van der Waals surface area contributed by atoms with Crippen LogP contribution in [0.5, 0.6) is 0 Å². The number of hydrogen-bond donors (Lipinski definition) is 2. The molecule has 0 amide bonds. The molecular formula is C16H36NaO4P. The van der Waals surface area contributed by atoms with Crippen molar-refractivity contribution >= 4 is 35.8 Å². The van der Waals surface area contributed by atoms with E-state index in [4.69, 9.17) is 9.79 Å². The Balaban J connectivity index is 0. The quantitative estimate of drug-likeness (QED) is 0.266. The van der Waals surface area contributed by atoms with Gasteiger partial charge in [0.2, 0.25) is 0 Å². The summed E-state index contributed by atoms with van der Waals surface area (Å²) in [5, 5.41) is 0. The molecule has 0 radical (unpaired) electrons. The Morgan fingerprint density at radius 2 is 1.27 bits per heavy atom. The van der Waals surface area contributed by atoms with Gasteiger partial charge in [0.25, 0.3) is 0 Å². The molecule has 1 atom stereocenters. The predicted octanol–water partition coefficient (Wildman–Crippen LogP) is 5.39. The van der Waals surface area contributed by atoms with Crippen molar-refractivity contribution in [3.63, 3.8) is 0 Å². The third kappa shape index (κ3) is 29.2. The molecule has 1 unspecified atom stereocenters. The van der Waals surface area contributed by atoms with Crippen molar-refractivity contribution in [1.29, 1.82) is 0 Å². The van der Waals surface area contributed by atoms with Gasteiger partial charge >= 0.3 is 59.2 Å². The summed E-state index contributed by atoms with van der Waals surface area (Å²) >= 11 is 1.37. The van der Waals surface area contributed by atoms with Gasteiger partial charge in [-0.3, -0.25) is 4.52 Å². The molecule has 0 rings (SSSR count). The van der Waals surface area contributed by atoms with Gasteiger partial charge in [-0.25, -0.2) is 4.57 Å². The Bertz CT molecular complexity index is 257. The van der Waals surface area contributed by atoms with Crippen LogP contribution >= 0.6 is 7.82 Å². The van der Waals surface area contributed by atoms with Crippen LogP contribution in [0.1, 0.15) is 91.4 Å². The third-order valence-corrected chi connectivity index (χ3v) is 4.91. The first-order valence-electron chi connectivity index (χ1n) is 9.03. The van der Waals surface area contributed by atoms with Gasteiger partial charge in [0.15, 0.2) is 0 Å². The van der Waals surface area contributed by atoms with Crippen LogP contribution in [0.15, 0.2) is 0 Å². The third-order valence-electron chi connectivity index (χ3n) is 3.57. The zero-order chi connectivity index (χ0) is 17.3. The Hall–Kier alpha value is 1.11. The van der Waals surface area contributed by atoms with E-state index in [1.54, 1.807) is 0 Å². The zero-order valence-electron chi connectivity index (χ0n) is 15.2. The monoisotopic (exact) mass is 346 g/mol. The molecule has 0 spiro atoms. The first-order chi connectivity index (χ1) is 10.3. The molecule has 0 saturated carbocycles. The molecule has 22 heavy (non-hydrogen) atoms. The first-order valence-corrected chi connectivity index (χ1v) is 11.7. The fraction of sp³-hybridized carbons (Fsp3) is 1.00. The van der Waals surface area contributed by atoms with Crippen LogP contribution in [0.4, 0.5) is 0 Å². The standard InChI is InChI=1S/C12H27O4P.C4H9.Na/c1-2-3-4-5-6-7-8-9-10-11-12-16-17(13,14)15;1-3-4-2;/h2-12H2,1H3,(H2,13,14,15);3H,4H2,1-2H3;. The van der Waals surface area contributed by atoms with Crippen molar-refractivity contribution in [2.75, 3.05) is 6.61 Å². The minimum absolute atomic E-state index is 0.167. The maximum atomic E-state index is 10.4. The van der Waals surface area contributed by atoms with Gasteiger partial charge in [0, 0.05) is 0 Å². The Morgan fingerprint density at radius 1 is 0.909 bits per heavy atom. The molecule has 0 aromatic rings. The summed E-state index contributed by atoms with van der Waals surface area (Å²) in [6, 6.07) is 0. The van der Waals surface area contributed by atoms with Crippen LogP contribution < -0.4 is 0 Å². The van der Waals surface area contributed by atoms with E-state index in [9.17, 15) is 4.57 Å². The van der Waals surface area contributed by atoms with Gasteiger partial charge in [-0.05, 0) is 6.42 Å². The van der Waals surface area contributed by atoms with Gasteiger partial charge < -0.3 is 9.79 Å². The van der Waals surface area contributed by atoms with E-state index in [2.05, 4.69) is 25.3 Å². The van der Waals surface area contributed by atoms with E-state index in [1.807, 2.05) is 0 Å². The number of phosphoric acid groups is 1. The van der Waals surface area contributed by atoms with E-state index in [0.717, 1.165) is 22.4 Å². The molecule has 0 aliphatic rings. The zero-order valence-corrected chi connectivity index (χ0v) is 18.1.